The second-order valence-electron chi connectivity index (χ2n) is 3.28. The van der Waals surface area contributed by atoms with E-state index in [4.69, 9.17) is 0 Å². The Morgan fingerprint density at radius 1 is 1.44 bits per heavy atom. The summed E-state index contributed by atoms with van der Waals surface area (Å²) in [6.07, 6.45) is 2.56. The van der Waals surface area contributed by atoms with Gasteiger partial charge in [-0.2, -0.15) is 4.68 Å². The van der Waals surface area contributed by atoms with E-state index in [-0.39, 0.29) is 6.03 Å². The van der Waals surface area contributed by atoms with Gasteiger partial charge in [0.2, 0.25) is 5.16 Å². The minimum Gasteiger partial charge on any atom is -0.323 e. The first kappa shape index (κ1) is 13.0. The Hall–Kier alpha value is -1.04. The molecule has 1 rings (SSSR count). The fourth-order valence-corrected chi connectivity index (χ4v) is 1.89. The molecule has 0 unspecified atom stereocenters. The van der Waals surface area contributed by atoms with E-state index in [2.05, 4.69) is 17.0 Å². The maximum Gasteiger partial charge on any atom is 0.346 e. The predicted octanol–water partition coefficient (Wildman–Crippen LogP) is 2.09. The minimum absolute atomic E-state index is 0.110. The lowest BCUT2D eigenvalue weighted by molar-refractivity contribution is 0.201. The van der Waals surface area contributed by atoms with Crippen LogP contribution in [0, 0.1) is 0 Å². The van der Waals surface area contributed by atoms with Crippen LogP contribution in [0.25, 0.3) is 0 Å². The number of carbonyl (C=O) groups excluding carboxylic acids is 1. The number of nitrogens with zero attached hydrogens (tertiary/aromatic N) is 4. The van der Waals surface area contributed by atoms with E-state index in [0.717, 1.165) is 12.2 Å². The van der Waals surface area contributed by atoms with Gasteiger partial charge in [0.05, 0.1) is 0 Å². The third-order valence-electron chi connectivity index (χ3n) is 2.14. The molecule has 1 heterocycles. The summed E-state index contributed by atoms with van der Waals surface area (Å²) in [5, 5.41) is 4.81. The van der Waals surface area contributed by atoms with E-state index in [9.17, 15) is 4.79 Å². The molecule has 0 aliphatic rings. The third-order valence-corrected chi connectivity index (χ3v) is 3.19. The zero-order valence-corrected chi connectivity index (χ0v) is 10.8. The highest BCUT2D eigenvalue weighted by Crippen LogP contribution is 2.12. The van der Waals surface area contributed by atoms with Gasteiger partial charge in [0.25, 0.3) is 0 Å². The second kappa shape index (κ2) is 6.52. The number of aromatic nitrogens is 3. The van der Waals surface area contributed by atoms with E-state index in [1.54, 1.807) is 16.7 Å². The molecule has 6 heteroatoms. The fraction of sp³-hybridized carbons (Fsp3) is 0.700. The van der Waals surface area contributed by atoms with Crippen LogP contribution >= 0.6 is 11.8 Å². The largest absolute Gasteiger partial charge is 0.346 e. The maximum absolute atomic E-state index is 11.9. The van der Waals surface area contributed by atoms with Gasteiger partial charge < -0.3 is 4.90 Å². The van der Waals surface area contributed by atoms with E-state index < -0.39 is 0 Å². The fourth-order valence-electron chi connectivity index (χ4n) is 1.24. The quantitative estimate of drug-likeness (QED) is 0.742. The van der Waals surface area contributed by atoms with Crippen LogP contribution in [0.2, 0.25) is 0 Å². The zero-order chi connectivity index (χ0) is 12.0. The van der Waals surface area contributed by atoms with E-state index in [1.807, 2.05) is 13.8 Å². The molecule has 0 aliphatic carbocycles. The lowest BCUT2D eigenvalue weighted by Gasteiger charge is -2.17. The van der Waals surface area contributed by atoms with Crippen LogP contribution < -0.4 is 0 Å². The first-order valence-electron chi connectivity index (χ1n) is 5.56. The summed E-state index contributed by atoms with van der Waals surface area (Å²) in [4.78, 5) is 17.7. The molecule has 0 atom stereocenters. The summed E-state index contributed by atoms with van der Waals surface area (Å²) < 4.78 is 1.31. The van der Waals surface area contributed by atoms with Crippen molar-refractivity contribution in [3.05, 3.63) is 6.33 Å². The molecule has 1 amide bonds. The van der Waals surface area contributed by atoms with Crippen LogP contribution in [-0.4, -0.2) is 44.5 Å². The second-order valence-corrected chi connectivity index (χ2v) is 4.34. The number of hydrogen-bond acceptors (Lipinski definition) is 4. The number of rotatable bonds is 5. The van der Waals surface area contributed by atoms with Gasteiger partial charge in [-0.3, -0.25) is 0 Å². The molecule has 5 nitrogen and oxygen atoms in total. The van der Waals surface area contributed by atoms with Gasteiger partial charge in [-0.25, -0.2) is 9.78 Å². The van der Waals surface area contributed by atoms with Crippen LogP contribution in [-0.2, 0) is 0 Å². The molecule has 0 N–H and O–H groups in total. The molecular formula is C10H18N4OS. The van der Waals surface area contributed by atoms with Gasteiger partial charge in [-0.05, 0) is 20.3 Å². The molecule has 16 heavy (non-hydrogen) atoms. The Kier molecular flexibility index (Phi) is 5.31. The Bertz CT molecular complexity index is 335. The average Bonchev–Trinajstić information content (AvgIpc) is 2.76. The molecule has 90 valence electrons. The molecule has 1 aromatic rings. The topological polar surface area (TPSA) is 51.0 Å². The molecule has 1 aromatic heterocycles. The third kappa shape index (κ3) is 3.23. The summed E-state index contributed by atoms with van der Waals surface area (Å²) in [7, 11) is 0. The van der Waals surface area contributed by atoms with Crippen molar-refractivity contribution in [1.82, 2.24) is 19.7 Å². The van der Waals surface area contributed by atoms with E-state index in [1.165, 1.54) is 11.0 Å². The van der Waals surface area contributed by atoms with Crippen molar-refractivity contribution in [2.75, 3.05) is 18.8 Å². The van der Waals surface area contributed by atoms with Gasteiger partial charge >= 0.3 is 6.03 Å². The van der Waals surface area contributed by atoms with Crippen LogP contribution in [0.5, 0.6) is 0 Å². The van der Waals surface area contributed by atoms with Gasteiger partial charge in [0.15, 0.2) is 0 Å². The molecule has 0 saturated heterocycles. The van der Waals surface area contributed by atoms with Crippen molar-refractivity contribution in [3.63, 3.8) is 0 Å². The lowest BCUT2D eigenvalue weighted by atomic mass is 10.5. The Balaban J connectivity index is 2.65. The van der Waals surface area contributed by atoms with E-state index in [0.29, 0.717) is 18.2 Å². The van der Waals surface area contributed by atoms with Gasteiger partial charge in [0.1, 0.15) is 6.33 Å². The van der Waals surface area contributed by atoms with Crippen LogP contribution in [0.1, 0.15) is 27.2 Å². The van der Waals surface area contributed by atoms with Crippen LogP contribution in [0.3, 0.4) is 0 Å². The number of hydrogen-bond donors (Lipinski definition) is 0. The molecule has 0 saturated carbocycles. The normalized spacial score (nSPS) is 10.4. The monoisotopic (exact) mass is 242 g/mol. The summed E-state index contributed by atoms with van der Waals surface area (Å²) >= 11 is 1.57. The van der Waals surface area contributed by atoms with Crippen molar-refractivity contribution in [2.24, 2.45) is 0 Å². The molecule has 0 bridgehead atoms. The molecular weight excluding hydrogens is 224 g/mol. The van der Waals surface area contributed by atoms with Crippen molar-refractivity contribution >= 4 is 17.8 Å². The van der Waals surface area contributed by atoms with Gasteiger partial charge in [-0.1, -0.05) is 18.7 Å². The highest BCUT2D eigenvalue weighted by molar-refractivity contribution is 7.99. The SMILES string of the molecule is CCCSc1ncn(C(=O)N(CC)CC)n1. The van der Waals surface area contributed by atoms with Gasteiger partial charge in [0, 0.05) is 18.8 Å². The molecule has 0 aliphatic heterocycles. The summed E-state index contributed by atoms with van der Waals surface area (Å²) in [5.74, 6) is 0.976. The van der Waals surface area contributed by atoms with Crippen LogP contribution in [0.4, 0.5) is 4.79 Å². The highest BCUT2D eigenvalue weighted by Gasteiger charge is 2.13. The van der Waals surface area contributed by atoms with Crippen LogP contribution in [0.15, 0.2) is 11.5 Å². The molecule has 0 aromatic carbocycles. The summed E-state index contributed by atoms with van der Waals surface area (Å²) in [6.45, 7) is 7.38. The molecule has 0 radical (unpaired) electrons. The first-order valence-corrected chi connectivity index (χ1v) is 6.55. The highest BCUT2D eigenvalue weighted by atomic mass is 32.2. The number of amides is 1. The Labute approximate surface area is 100 Å². The molecule has 0 fully saturated rings. The Morgan fingerprint density at radius 2 is 2.12 bits per heavy atom. The average molecular weight is 242 g/mol. The molecule has 0 spiro atoms. The minimum atomic E-state index is -0.110. The maximum atomic E-state index is 11.9. The summed E-state index contributed by atoms with van der Waals surface area (Å²) in [6, 6.07) is -0.110. The number of thioether (sulfide) groups is 1. The van der Waals surface area contributed by atoms with E-state index >= 15 is 0 Å². The number of carbonyl (C=O) groups is 1. The lowest BCUT2D eigenvalue weighted by Crippen LogP contribution is -2.34. The summed E-state index contributed by atoms with van der Waals surface area (Å²) in [5.41, 5.74) is 0. The Morgan fingerprint density at radius 3 is 2.69 bits per heavy atom. The smallest absolute Gasteiger partial charge is 0.323 e. The van der Waals surface area contributed by atoms with Crippen molar-refractivity contribution in [3.8, 4) is 0 Å². The zero-order valence-electron chi connectivity index (χ0n) is 10.0. The van der Waals surface area contributed by atoms with Crippen molar-refractivity contribution in [2.45, 2.75) is 32.3 Å². The standard InChI is InChI=1S/C10H18N4OS/c1-4-7-16-9-11-8-14(12-9)10(15)13(5-2)6-3/h8H,4-7H2,1-3H3. The predicted molar refractivity (Wildman–Crippen MR) is 64.8 cm³/mol. The van der Waals surface area contributed by atoms with Gasteiger partial charge in [-0.15, -0.1) is 5.10 Å². The van der Waals surface area contributed by atoms with Crippen molar-refractivity contribution < 1.29 is 4.79 Å². The first-order chi connectivity index (χ1) is 7.72. The van der Waals surface area contributed by atoms with Crippen molar-refractivity contribution in [1.29, 1.82) is 0 Å².